The van der Waals surface area contributed by atoms with Crippen LogP contribution in [0.3, 0.4) is 0 Å². The maximum Gasteiger partial charge on any atom is 0.0541 e. The second-order valence-corrected chi connectivity index (χ2v) is 20.8. The molecule has 15 rings (SSSR count). The van der Waals surface area contributed by atoms with Crippen LogP contribution in [0.5, 0.6) is 0 Å². The van der Waals surface area contributed by atoms with Crippen molar-refractivity contribution in [2.45, 2.75) is 0 Å². The van der Waals surface area contributed by atoms with Crippen molar-refractivity contribution in [2.75, 3.05) is 4.90 Å². The molecule has 0 bridgehead atoms. The molecule has 1 heterocycles. The van der Waals surface area contributed by atoms with Crippen LogP contribution in [0.1, 0.15) is 0 Å². The summed E-state index contributed by atoms with van der Waals surface area (Å²) in [5.74, 6) is 0. The lowest BCUT2D eigenvalue weighted by Crippen LogP contribution is -2.10. The molecule has 0 radical (unpaired) electrons. The van der Waals surface area contributed by atoms with Crippen LogP contribution < -0.4 is 4.90 Å². The average molecular weight is 1020 g/mol. The van der Waals surface area contributed by atoms with Crippen molar-refractivity contribution in [3.63, 3.8) is 0 Å². The minimum Gasteiger partial charge on any atom is -0.310 e. The molecular weight excluding hydrogens is 965 g/mol. The number of nitrogens with zero attached hydrogens (tertiary/aromatic N) is 2. The molecule has 0 aliphatic carbocycles. The van der Waals surface area contributed by atoms with E-state index in [2.05, 4.69) is 325 Å². The molecule has 80 heavy (non-hydrogen) atoms. The Balaban J connectivity index is 0.871. The van der Waals surface area contributed by atoms with Crippen molar-refractivity contribution < 1.29 is 0 Å². The lowest BCUT2D eigenvalue weighted by Gasteiger charge is -2.26. The number of hydrogen-bond acceptors (Lipinski definition) is 1. The zero-order chi connectivity index (χ0) is 52.9. The summed E-state index contributed by atoms with van der Waals surface area (Å²) in [6, 6.07) is 116. The van der Waals surface area contributed by atoms with Crippen molar-refractivity contribution in [2.24, 2.45) is 0 Å². The average Bonchev–Trinajstić information content (AvgIpc) is 3.94. The lowest BCUT2D eigenvalue weighted by atomic mass is 9.85. The first-order valence-electron chi connectivity index (χ1n) is 27.6. The van der Waals surface area contributed by atoms with E-state index in [9.17, 15) is 0 Å². The van der Waals surface area contributed by atoms with Gasteiger partial charge in [-0.25, -0.2) is 0 Å². The first kappa shape index (κ1) is 46.7. The fourth-order valence-electron chi connectivity index (χ4n) is 12.5. The Hall–Kier alpha value is -10.5. The van der Waals surface area contributed by atoms with E-state index in [0.717, 1.165) is 33.8 Å². The van der Waals surface area contributed by atoms with E-state index < -0.39 is 0 Å². The third-order valence-corrected chi connectivity index (χ3v) is 16.2. The molecule has 0 unspecified atom stereocenters. The second-order valence-electron chi connectivity index (χ2n) is 20.8. The summed E-state index contributed by atoms with van der Waals surface area (Å²) >= 11 is 0. The molecule has 0 fully saturated rings. The number of anilines is 3. The minimum absolute atomic E-state index is 1.07. The predicted molar refractivity (Wildman–Crippen MR) is 341 cm³/mol. The Morgan fingerprint density at radius 2 is 0.600 bits per heavy atom. The molecule has 0 spiro atoms. The molecule has 2 heteroatoms. The topological polar surface area (TPSA) is 8.17 Å². The second kappa shape index (κ2) is 19.8. The van der Waals surface area contributed by atoms with Crippen LogP contribution in [0.2, 0.25) is 0 Å². The van der Waals surface area contributed by atoms with Crippen molar-refractivity contribution in [1.82, 2.24) is 4.57 Å². The van der Waals surface area contributed by atoms with Gasteiger partial charge in [0.25, 0.3) is 0 Å². The summed E-state index contributed by atoms with van der Waals surface area (Å²) in [7, 11) is 0. The summed E-state index contributed by atoms with van der Waals surface area (Å²) < 4.78 is 2.44. The number of aromatic nitrogens is 1. The van der Waals surface area contributed by atoms with Crippen molar-refractivity contribution in [3.8, 4) is 72.4 Å². The van der Waals surface area contributed by atoms with Crippen LogP contribution in [0, 0.1) is 0 Å². The van der Waals surface area contributed by atoms with Crippen molar-refractivity contribution >= 4 is 71.2 Å². The van der Waals surface area contributed by atoms with E-state index in [0.29, 0.717) is 0 Å². The Labute approximate surface area is 466 Å². The van der Waals surface area contributed by atoms with Crippen LogP contribution >= 0.6 is 0 Å². The number of benzene rings is 14. The Kier molecular flexibility index (Phi) is 11.6. The zero-order valence-corrected chi connectivity index (χ0v) is 43.9. The Morgan fingerprint density at radius 3 is 1.12 bits per heavy atom. The molecule has 15 aromatic rings. The Morgan fingerprint density at radius 1 is 0.212 bits per heavy atom. The van der Waals surface area contributed by atoms with E-state index in [4.69, 9.17) is 0 Å². The molecule has 0 aliphatic rings. The van der Waals surface area contributed by atoms with Gasteiger partial charge < -0.3 is 9.47 Å². The first-order chi connectivity index (χ1) is 39.7. The standard InChI is InChI=1S/C78H52N2/c1-4-22-54(23-5-1)65-31-12-14-33-67(65)57-41-47-75-73(51-57)74-52-58(68-34-15-13-32-66(68)55-24-6-2-7-25-55)42-48-76(74)80(75)63-45-43-62(44-46-63)79(61-28-8-3-9-29-61)64-30-20-27-59(50-64)77-69-35-16-18-37-71(69)78(72-38-19-17-36-70(72)77)60-40-39-53-21-10-11-26-56(53)49-60/h1-52H. The monoisotopic (exact) mass is 1020 g/mol. The van der Waals surface area contributed by atoms with Crippen LogP contribution in [0.15, 0.2) is 315 Å². The third-order valence-electron chi connectivity index (χ3n) is 16.2. The van der Waals surface area contributed by atoms with E-state index in [1.165, 1.54) is 110 Å². The largest absolute Gasteiger partial charge is 0.310 e. The Bertz CT molecular complexity index is 4610. The maximum absolute atomic E-state index is 2.44. The molecule has 2 nitrogen and oxygen atoms in total. The summed E-state index contributed by atoms with van der Waals surface area (Å²) in [5.41, 5.74) is 21.1. The van der Waals surface area contributed by atoms with Crippen molar-refractivity contribution in [3.05, 3.63) is 315 Å². The van der Waals surface area contributed by atoms with Crippen LogP contribution in [-0.4, -0.2) is 4.57 Å². The van der Waals surface area contributed by atoms with Gasteiger partial charge in [-0.3, -0.25) is 0 Å². The predicted octanol–water partition coefficient (Wildman–Crippen LogP) is 21.7. The van der Waals surface area contributed by atoms with Crippen molar-refractivity contribution in [1.29, 1.82) is 0 Å². The maximum atomic E-state index is 2.44. The van der Waals surface area contributed by atoms with Crippen LogP contribution in [-0.2, 0) is 0 Å². The van der Waals surface area contributed by atoms with Gasteiger partial charge >= 0.3 is 0 Å². The molecule has 1 aromatic heterocycles. The molecule has 0 saturated heterocycles. The smallest absolute Gasteiger partial charge is 0.0541 e. The number of fused-ring (bicyclic) bond motifs is 6. The lowest BCUT2D eigenvalue weighted by molar-refractivity contribution is 1.17. The fraction of sp³-hybridized carbons (Fsp3) is 0. The third kappa shape index (κ3) is 8.13. The number of rotatable bonds is 10. The molecule has 0 N–H and O–H groups in total. The highest BCUT2D eigenvalue weighted by molar-refractivity contribution is 6.22. The molecular formula is C78H52N2. The van der Waals surface area contributed by atoms with E-state index in [-0.39, 0.29) is 0 Å². The SMILES string of the molecule is c1ccc(-c2ccccc2-c2ccc3c(c2)c2cc(-c4ccccc4-c4ccccc4)ccc2n3-c2ccc(N(c3ccccc3)c3cccc(-c4c5ccccc5c(-c5ccc6ccccc6c5)c5ccccc45)c3)cc2)cc1. The molecule has 0 atom stereocenters. The highest BCUT2D eigenvalue weighted by Crippen LogP contribution is 2.47. The molecule has 0 aliphatic heterocycles. The highest BCUT2D eigenvalue weighted by Gasteiger charge is 2.21. The molecule has 0 amide bonds. The van der Waals surface area contributed by atoms with Gasteiger partial charge in [0.2, 0.25) is 0 Å². The highest BCUT2D eigenvalue weighted by atomic mass is 15.1. The van der Waals surface area contributed by atoms with Gasteiger partial charge in [0.15, 0.2) is 0 Å². The van der Waals surface area contributed by atoms with Gasteiger partial charge in [-0.2, -0.15) is 0 Å². The molecule has 0 saturated carbocycles. The van der Waals surface area contributed by atoms with Crippen LogP contribution in [0.25, 0.3) is 127 Å². The summed E-state index contributed by atoms with van der Waals surface area (Å²) in [6.07, 6.45) is 0. The van der Waals surface area contributed by atoms with Gasteiger partial charge in [0, 0.05) is 33.5 Å². The summed E-state index contributed by atoms with van der Waals surface area (Å²) in [6.45, 7) is 0. The van der Waals surface area contributed by atoms with E-state index in [1.54, 1.807) is 0 Å². The quantitative estimate of drug-likeness (QED) is 0.124. The van der Waals surface area contributed by atoms with E-state index >= 15 is 0 Å². The molecule has 14 aromatic carbocycles. The summed E-state index contributed by atoms with van der Waals surface area (Å²) in [5, 5.41) is 9.83. The molecule has 374 valence electrons. The summed E-state index contributed by atoms with van der Waals surface area (Å²) in [4.78, 5) is 2.39. The van der Waals surface area contributed by atoms with Crippen LogP contribution in [0.4, 0.5) is 17.1 Å². The number of para-hydroxylation sites is 1. The normalized spacial score (nSPS) is 11.5. The van der Waals surface area contributed by atoms with E-state index in [1.807, 2.05) is 0 Å². The van der Waals surface area contributed by atoms with Gasteiger partial charge in [0.1, 0.15) is 0 Å². The van der Waals surface area contributed by atoms with Gasteiger partial charge in [0.05, 0.1) is 11.0 Å². The zero-order valence-electron chi connectivity index (χ0n) is 43.9. The first-order valence-corrected chi connectivity index (χ1v) is 27.6. The van der Waals surface area contributed by atoms with Gasteiger partial charge in [-0.15, -0.1) is 0 Å². The number of hydrogen-bond donors (Lipinski definition) is 0. The minimum atomic E-state index is 1.07. The fourth-order valence-corrected chi connectivity index (χ4v) is 12.5. The van der Waals surface area contributed by atoms with Gasteiger partial charge in [-0.1, -0.05) is 237 Å². The van der Waals surface area contributed by atoms with Gasteiger partial charge in [-0.05, 0) is 178 Å².